The summed E-state index contributed by atoms with van der Waals surface area (Å²) >= 11 is 0. The van der Waals surface area contributed by atoms with E-state index in [1.54, 1.807) is 25.2 Å². The van der Waals surface area contributed by atoms with Crippen molar-refractivity contribution in [2.75, 3.05) is 32.3 Å². The maximum atomic E-state index is 13.5. The zero-order valence-corrected chi connectivity index (χ0v) is 14.3. The summed E-state index contributed by atoms with van der Waals surface area (Å²) in [6.45, 7) is 0.821. The predicted octanol–water partition coefficient (Wildman–Crippen LogP) is 3.20. The second kappa shape index (κ2) is 7.42. The molecule has 0 atom stereocenters. The molecule has 25 heavy (non-hydrogen) atoms. The van der Waals surface area contributed by atoms with Crippen molar-refractivity contribution in [1.82, 2.24) is 0 Å². The van der Waals surface area contributed by atoms with Crippen LogP contribution in [0.2, 0.25) is 0 Å². The first-order valence-corrected chi connectivity index (χ1v) is 8.06. The van der Waals surface area contributed by atoms with E-state index in [4.69, 9.17) is 14.2 Å². The second-order valence-electron chi connectivity index (χ2n) is 5.70. The lowest BCUT2D eigenvalue weighted by atomic mass is 10.1. The molecule has 5 nitrogen and oxygen atoms in total. The smallest absolute Gasteiger partial charge is 0.227 e. The van der Waals surface area contributed by atoms with E-state index in [2.05, 4.69) is 0 Å². The number of carbonyl (C=O) groups excluding carboxylic acids is 1. The molecule has 0 spiro atoms. The maximum absolute atomic E-state index is 13.5. The van der Waals surface area contributed by atoms with Gasteiger partial charge in [0.2, 0.25) is 5.91 Å². The molecule has 3 rings (SSSR count). The molecule has 132 valence electrons. The van der Waals surface area contributed by atoms with Gasteiger partial charge in [-0.05, 0) is 36.2 Å². The average molecular weight is 345 g/mol. The van der Waals surface area contributed by atoms with Crippen LogP contribution >= 0.6 is 0 Å². The molecule has 1 aliphatic rings. The molecule has 1 aliphatic heterocycles. The van der Waals surface area contributed by atoms with E-state index < -0.39 is 0 Å². The van der Waals surface area contributed by atoms with E-state index >= 15 is 0 Å². The normalized spacial score (nSPS) is 13.0. The second-order valence-corrected chi connectivity index (χ2v) is 5.70. The number of methoxy groups -OCH3 is 2. The van der Waals surface area contributed by atoms with Gasteiger partial charge in [-0.1, -0.05) is 6.07 Å². The van der Waals surface area contributed by atoms with Crippen molar-refractivity contribution in [3.63, 3.8) is 0 Å². The van der Waals surface area contributed by atoms with Crippen LogP contribution in [0.5, 0.6) is 17.2 Å². The van der Waals surface area contributed by atoms with E-state index in [9.17, 15) is 9.18 Å². The summed E-state index contributed by atoms with van der Waals surface area (Å²) in [5.74, 6) is 1.36. The van der Waals surface area contributed by atoms with Gasteiger partial charge in [-0.2, -0.15) is 0 Å². The highest BCUT2D eigenvalue weighted by molar-refractivity contribution is 5.95. The number of halogens is 1. The van der Waals surface area contributed by atoms with Crippen molar-refractivity contribution < 1.29 is 23.4 Å². The Morgan fingerprint density at radius 1 is 1.16 bits per heavy atom. The van der Waals surface area contributed by atoms with Crippen LogP contribution in [0.3, 0.4) is 0 Å². The molecule has 0 unspecified atom stereocenters. The Morgan fingerprint density at radius 3 is 2.72 bits per heavy atom. The van der Waals surface area contributed by atoms with Crippen molar-refractivity contribution in [2.24, 2.45) is 0 Å². The summed E-state index contributed by atoms with van der Waals surface area (Å²) in [5.41, 5.74) is 1.46. The number of nitrogens with zero attached hydrogens (tertiary/aromatic N) is 1. The summed E-state index contributed by atoms with van der Waals surface area (Å²) in [6, 6.07) is 9.80. The third kappa shape index (κ3) is 3.68. The Labute approximate surface area is 145 Å². The van der Waals surface area contributed by atoms with Crippen molar-refractivity contribution in [3.05, 3.63) is 47.8 Å². The lowest BCUT2D eigenvalue weighted by Crippen LogP contribution is -2.38. The van der Waals surface area contributed by atoms with Gasteiger partial charge in [-0.25, -0.2) is 4.39 Å². The van der Waals surface area contributed by atoms with Gasteiger partial charge in [0.05, 0.1) is 26.5 Å². The fraction of sp³-hybridized carbons (Fsp3) is 0.316. The summed E-state index contributed by atoms with van der Waals surface area (Å²) in [4.78, 5) is 14.2. The van der Waals surface area contributed by atoms with Crippen LogP contribution in [0.25, 0.3) is 0 Å². The largest absolute Gasteiger partial charge is 0.493 e. The molecule has 0 aliphatic carbocycles. The molecule has 2 aromatic carbocycles. The average Bonchev–Trinajstić information content (AvgIpc) is 2.65. The van der Waals surface area contributed by atoms with Gasteiger partial charge in [-0.3, -0.25) is 4.79 Å². The number of ether oxygens (including phenoxy) is 3. The fourth-order valence-corrected chi connectivity index (χ4v) is 2.87. The summed E-state index contributed by atoms with van der Waals surface area (Å²) < 4.78 is 29.5. The summed E-state index contributed by atoms with van der Waals surface area (Å²) in [7, 11) is 3.15. The number of aryl methyl sites for hydroxylation is 1. The molecule has 0 N–H and O–H groups in total. The van der Waals surface area contributed by atoms with Crippen LogP contribution in [0.4, 0.5) is 10.1 Å². The number of amides is 1. The quantitative estimate of drug-likeness (QED) is 0.835. The number of fused-ring (bicyclic) bond motifs is 1. The van der Waals surface area contributed by atoms with E-state index in [0.717, 1.165) is 5.56 Å². The van der Waals surface area contributed by atoms with Crippen molar-refractivity contribution in [2.45, 2.75) is 12.8 Å². The Bertz CT molecular complexity index is 778. The minimum atomic E-state index is -0.387. The lowest BCUT2D eigenvalue weighted by molar-refractivity contribution is -0.118. The maximum Gasteiger partial charge on any atom is 0.227 e. The van der Waals surface area contributed by atoms with Crippen LogP contribution < -0.4 is 19.1 Å². The molecule has 0 aromatic heterocycles. The molecule has 1 heterocycles. The highest BCUT2D eigenvalue weighted by Crippen LogP contribution is 2.33. The van der Waals surface area contributed by atoms with Crippen LogP contribution in [-0.4, -0.2) is 33.3 Å². The highest BCUT2D eigenvalue weighted by atomic mass is 19.1. The van der Waals surface area contributed by atoms with Crippen LogP contribution in [0.1, 0.15) is 12.0 Å². The first-order valence-electron chi connectivity index (χ1n) is 8.06. The molecule has 2 aromatic rings. The van der Waals surface area contributed by atoms with E-state index in [0.29, 0.717) is 48.9 Å². The topological polar surface area (TPSA) is 48.0 Å². The number of hydrogen-bond donors (Lipinski definition) is 0. The Hall–Kier alpha value is -2.76. The van der Waals surface area contributed by atoms with Gasteiger partial charge in [-0.15, -0.1) is 0 Å². The number of benzene rings is 2. The molecule has 1 amide bonds. The number of hydrogen-bond acceptors (Lipinski definition) is 4. The molecule has 0 radical (unpaired) electrons. The first-order chi connectivity index (χ1) is 12.1. The Balaban J connectivity index is 1.71. The van der Waals surface area contributed by atoms with Crippen molar-refractivity contribution in [1.29, 1.82) is 0 Å². The van der Waals surface area contributed by atoms with Gasteiger partial charge >= 0.3 is 0 Å². The van der Waals surface area contributed by atoms with Crippen molar-refractivity contribution >= 4 is 11.6 Å². The fourth-order valence-electron chi connectivity index (χ4n) is 2.87. The Kier molecular flexibility index (Phi) is 5.07. The van der Waals surface area contributed by atoms with Gasteiger partial charge in [0, 0.05) is 12.5 Å². The standard InChI is InChI=1S/C19H20FNO4/c1-23-17-6-3-13(11-18(17)24-2)4-8-19(22)21-9-10-25-16-7-5-14(20)12-15(16)21/h3,5-7,11-12H,4,8-10H2,1-2H3. The highest BCUT2D eigenvalue weighted by Gasteiger charge is 2.24. The molecular formula is C19H20FNO4. The lowest BCUT2D eigenvalue weighted by Gasteiger charge is -2.29. The molecular weight excluding hydrogens is 325 g/mol. The molecule has 0 fully saturated rings. The third-order valence-electron chi connectivity index (χ3n) is 4.16. The van der Waals surface area contributed by atoms with Crippen LogP contribution in [0.15, 0.2) is 36.4 Å². The molecule has 0 saturated carbocycles. The molecule has 6 heteroatoms. The van der Waals surface area contributed by atoms with Crippen LogP contribution in [0, 0.1) is 5.82 Å². The predicted molar refractivity (Wildman–Crippen MR) is 92.1 cm³/mol. The Morgan fingerprint density at radius 2 is 1.96 bits per heavy atom. The number of carbonyl (C=O) groups is 1. The van der Waals surface area contributed by atoms with Gasteiger partial charge in [0.25, 0.3) is 0 Å². The summed E-state index contributed by atoms with van der Waals surface area (Å²) in [6.07, 6.45) is 0.868. The van der Waals surface area contributed by atoms with Crippen LogP contribution in [-0.2, 0) is 11.2 Å². The van der Waals surface area contributed by atoms with Crippen molar-refractivity contribution in [3.8, 4) is 17.2 Å². The van der Waals surface area contributed by atoms with E-state index in [-0.39, 0.29) is 11.7 Å². The summed E-state index contributed by atoms with van der Waals surface area (Å²) in [5, 5.41) is 0. The monoisotopic (exact) mass is 345 g/mol. The molecule has 0 bridgehead atoms. The molecule has 0 saturated heterocycles. The zero-order chi connectivity index (χ0) is 17.8. The SMILES string of the molecule is COc1ccc(CCC(=O)N2CCOc3ccc(F)cc32)cc1OC. The van der Waals surface area contributed by atoms with Gasteiger partial charge in [0.1, 0.15) is 18.2 Å². The third-order valence-corrected chi connectivity index (χ3v) is 4.16. The van der Waals surface area contributed by atoms with E-state index in [1.807, 2.05) is 18.2 Å². The minimum absolute atomic E-state index is 0.0649. The van der Waals surface area contributed by atoms with E-state index in [1.165, 1.54) is 12.1 Å². The minimum Gasteiger partial charge on any atom is -0.493 e. The first kappa shape index (κ1) is 17.1. The van der Waals surface area contributed by atoms with Gasteiger partial charge < -0.3 is 19.1 Å². The number of rotatable bonds is 5. The zero-order valence-electron chi connectivity index (χ0n) is 14.3. The number of anilines is 1. The van der Waals surface area contributed by atoms with Gasteiger partial charge in [0.15, 0.2) is 11.5 Å².